The van der Waals surface area contributed by atoms with E-state index >= 15 is 0 Å². The lowest BCUT2D eigenvalue weighted by atomic mass is 9.88. The van der Waals surface area contributed by atoms with E-state index in [2.05, 4.69) is 4.90 Å². The van der Waals surface area contributed by atoms with E-state index < -0.39 is 0 Å². The number of aromatic hydroxyl groups is 2. The first-order valence-electron chi connectivity index (χ1n) is 6.01. The van der Waals surface area contributed by atoms with E-state index in [1.54, 1.807) is 6.92 Å². The van der Waals surface area contributed by atoms with Crippen molar-refractivity contribution in [1.29, 1.82) is 0 Å². The summed E-state index contributed by atoms with van der Waals surface area (Å²) in [6.45, 7) is 3.92. The minimum absolute atomic E-state index is 0.308. The van der Waals surface area contributed by atoms with Gasteiger partial charge in [-0.1, -0.05) is 0 Å². The molecule has 86 valence electrons. The average Bonchev–Trinajstić information content (AvgIpc) is 2.33. The van der Waals surface area contributed by atoms with Gasteiger partial charge in [0.15, 0.2) is 0 Å². The summed E-state index contributed by atoms with van der Waals surface area (Å²) in [6.07, 6.45) is 4.08. The Bertz CT molecular complexity index is 417. The van der Waals surface area contributed by atoms with E-state index in [1.165, 1.54) is 0 Å². The third-order valence-electron chi connectivity index (χ3n) is 3.88. The molecule has 0 saturated carbocycles. The van der Waals surface area contributed by atoms with Crippen LogP contribution >= 0.6 is 0 Å². The van der Waals surface area contributed by atoms with E-state index in [-0.39, 0.29) is 0 Å². The molecule has 2 aliphatic heterocycles. The molecule has 0 radical (unpaired) electrons. The van der Waals surface area contributed by atoms with E-state index in [0.717, 1.165) is 55.6 Å². The van der Waals surface area contributed by atoms with Crippen LogP contribution in [0, 0.1) is 6.92 Å². The van der Waals surface area contributed by atoms with Crippen molar-refractivity contribution in [2.24, 2.45) is 0 Å². The van der Waals surface area contributed by atoms with Gasteiger partial charge in [0.2, 0.25) is 0 Å². The summed E-state index contributed by atoms with van der Waals surface area (Å²) in [4.78, 5) is 2.32. The van der Waals surface area contributed by atoms with E-state index in [0.29, 0.717) is 17.1 Å². The molecule has 2 aliphatic rings. The highest BCUT2D eigenvalue weighted by atomic mass is 16.3. The lowest BCUT2D eigenvalue weighted by molar-refractivity contribution is 0.427. The maximum Gasteiger partial charge on any atom is 0.127 e. The van der Waals surface area contributed by atoms with Gasteiger partial charge in [-0.3, -0.25) is 0 Å². The van der Waals surface area contributed by atoms with Crippen LogP contribution in [-0.4, -0.2) is 23.3 Å². The van der Waals surface area contributed by atoms with Crippen molar-refractivity contribution in [2.75, 3.05) is 18.0 Å². The molecule has 1 aromatic rings. The van der Waals surface area contributed by atoms with Crippen molar-refractivity contribution in [3.05, 3.63) is 16.7 Å². The van der Waals surface area contributed by atoms with E-state index in [4.69, 9.17) is 0 Å². The molecule has 0 amide bonds. The number of rotatable bonds is 0. The number of hydrogen-bond donors (Lipinski definition) is 2. The standard InChI is InChI=1S/C13H17NO2/c1-8-12(15)9-4-2-6-14-7-3-5-10(11(9)14)13(8)16/h15-16H,2-7H2,1H3. The summed E-state index contributed by atoms with van der Waals surface area (Å²) in [6, 6.07) is 0. The molecule has 0 unspecified atom stereocenters. The molecule has 0 fully saturated rings. The lowest BCUT2D eigenvalue weighted by Gasteiger charge is -2.37. The monoisotopic (exact) mass is 219 g/mol. The predicted octanol–water partition coefficient (Wildman–Crippen LogP) is 2.11. The van der Waals surface area contributed by atoms with Gasteiger partial charge >= 0.3 is 0 Å². The van der Waals surface area contributed by atoms with Crippen LogP contribution in [0.4, 0.5) is 5.69 Å². The van der Waals surface area contributed by atoms with Gasteiger partial charge in [0.05, 0.1) is 5.69 Å². The average molecular weight is 219 g/mol. The van der Waals surface area contributed by atoms with E-state index in [1.807, 2.05) is 0 Å². The number of benzene rings is 1. The fourth-order valence-electron chi connectivity index (χ4n) is 3.06. The van der Waals surface area contributed by atoms with Crippen molar-refractivity contribution in [2.45, 2.75) is 32.6 Å². The van der Waals surface area contributed by atoms with Gasteiger partial charge in [-0.05, 0) is 32.6 Å². The third kappa shape index (κ3) is 1.14. The number of nitrogens with zero attached hydrogens (tertiary/aromatic N) is 1. The van der Waals surface area contributed by atoms with Crippen molar-refractivity contribution < 1.29 is 10.2 Å². The van der Waals surface area contributed by atoms with Crippen LogP contribution in [0.25, 0.3) is 0 Å². The molecule has 2 N–H and O–H groups in total. The third-order valence-corrected chi connectivity index (χ3v) is 3.88. The summed E-state index contributed by atoms with van der Waals surface area (Å²) in [7, 11) is 0. The molecular formula is C13H17NO2. The smallest absolute Gasteiger partial charge is 0.127 e. The fourth-order valence-corrected chi connectivity index (χ4v) is 3.06. The van der Waals surface area contributed by atoms with Crippen LogP contribution in [0.1, 0.15) is 29.5 Å². The van der Waals surface area contributed by atoms with Crippen LogP contribution in [-0.2, 0) is 12.8 Å². The van der Waals surface area contributed by atoms with Crippen molar-refractivity contribution in [3.63, 3.8) is 0 Å². The van der Waals surface area contributed by atoms with Crippen LogP contribution < -0.4 is 4.90 Å². The molecule has 3 rings (SSSR count). The summed E-state index contributed by atoms with van der Waals surface area (Å²) >= 11 is 0. The van der Waals surface area contributed by atoms with Gasteiger partial charge in [-0.2, -0.15) is 0 Å². The highest BCUT2D eigenvalue weighted by Gasteiger charge is 2.29. The van der Waals surface area contributed by atoms with Gasteiger partial charge in [-0.25, -0.2) is 0 Å². The van der Waals surface area contributed by atoms with Crippen LogP contribution in [0.15, 0.2) is 0 Å². The van der Waals surface area contributed by atoms with Gasteiger partial charge < -0.3 is 15.1 Å². The highest BCUT2D eigenvalue weighted by Crippen LogP contribution is 2.46. The highest BCUT2D eigenvalue weighted by molar-refractivity contribution is 5.73. The maximum absolute atomic E-state index is 10.1. The summed E-state index contributed by atoms with van der Waals surface area (Å²) in [5.41, 5.74) is 3.88. The topological polar surface area (TPSA) is 43.7 Å². The lowest BCUT2D eigenvalue weighted by Crippen LogP contribution is -2.34. The van der Waals surface area contributed by atoms with Crippen LogP contribution in [0.5, 0.6) is 11.5 Å². The number of phenolic OH excluding ortho intramolecular Hbond substituents is 2. The maximum atomic E-state index is 10.1. The van der Waals surface area contributed by atoms with Crippen LogP contribution in [0.3, 0.4) is 0 Å². The molecule has 0 spiro atoms. The van der Waals surface area contributed by atoms with Crippen molar-refractivity contribution in [3.8, 4) is 11.5 Å². The Balaban J connectivity index is 2.32. The quantitative estimate of drug-likeness (QED) is 0.702. The number of phenols is 2. The Morgan fingerprint density at radius 3 is 1.94 bits per heavy atom. The second-order valence-corrected chi connectivity index (χ2v) is 4.82. The largest absolute Gasteiger partial charge is 0.507 e. The Morgan fingerprint density at radius 1 is 0.938 bits per heavy atom. The van der Waals surface area contributed by atoms with Gasteiger partial charge in [-0.15, -0.1) is 0 Å². The molecule has 3 nitrogen and oxygen atoms in total. The number of anilines is 1. The second kappa shape index (κ2) is 3.30. The van der Waals surface area contributed by atoms with E-state index in [9.17, 15) is 10.2 Å². The summed E-state index contributed by atoms with van der Waals surface area (Å²) in [5, 5.41) is 20.2. The summed E-state index contributed by atoms with van der Waals surface area (Å²) in [5.74, 6) is 0.616. The Kier molecular flexibility index (Phi) is 2.03. The molecular weight excluding hydrogens is 202 g/mol. The Labute approximate surface area is 95.3 Å². The van der Waals surface area contributed by atoms with Crippen molar-refractivity contribution >= 4 is 5.69 Å². The van der Waals surface area contributed by atoms with Crippen LogP contribution in [0.2, 0.25) is 0 Å². The molecule has 0 aromatic heterocycles. The molecule has 0 atom stereocenters. The first kappa shape index (κ1) is 9.82. The zero-order chi connectivity index (χ0) is 11.3. The normalized spacial score (nSPS) is 18.4. The summed E-state index contributed by atoms with van der Waals surface area (Å²) < 4.78 is 0. The zero-order valence-corrected chi connectivity index (χ0v) is 9.58. The minimum atomic E-state index is 0.308. The second-order valence-electron chi connectivity index (χ2n) is 4.82. The van der Waals surface area contributed by atoms with Gasteiger partial charge in [0, 0.05) is 29.8 Å². The SMILES string of the molecule is Cc1c(O)c2c3c(c1O)CCCN3CCC2. The zero-order valence-electron chi connectivity index (χ0n) is 9.58. The number of hydrogen-bond acceptors (Lipinski definition) is 3. The van der Waals surface area contributed by atoms with Gasteiger partial charge in [0.1, 0.15) is 11.5 Å². The Morgan fingerprint density at radius 2 is 1.44 bits per heavy atom. The van der Waals surface area contributed by atoms with Gasteiger partial charge in [0.25, 0.3) is 0 Å². The molecule has 0 saturated heterocycles. The molecule has 16 heavy (non-hydrogen) atoms. The molecule has 2 heterocycles. The van der Waals surface area contributed by atoms with Crippen molar-refractivity contribution in [1.82, 2.24) is 0 Å². The molecule has 0 bridgehead atoms. The fraction of sp³-hybridized carbons (Fsp3) is 0.538. The first-order chi connectivity index (χ1) is 7.70. The minimum Gasteiger partial charge on any atom is -0.507 e. The molecule has 1 aromatic carbocycles. The molecule has 3 heteroatoms. The predicted molar refractivity (Wildman–Crippen MR) is 63.4 cm³/mol. The Hall–Kier alpha value is -1.38. The first-order valence-corrected chi connectivity index (χ1v) is 6.01. The molecule has 0 aliphatic carbocycles.